The van der Waals surface area contributed by atoms with Crippen molar-refractivity contribution in [3.8, 4) is 10.6 Å². The van der Waals surface area contributed by atoms with Gasteiger partial charge in [-0.3, -0.25) is 4.79 Å². The number of hydrogen-bond acceptors (Lipinski definition) is 4. The average Bonchev–Trinajstić information content (AvgIpc) is 3.09. The molecule has 0 saturated carbocycles. The Bertz CT molecular complexity index is 933. The van der Waals surface area contributed by atoms with E-state index in [9.17, 15) is 18.0 Å². The highest BCUT2D eigenvalue weighted by molar-refractivity contribution is 7.13. The minimum Gasteiger partial charge on any atom is -0.459 e. The number of esters is 1. The monoisotopic (exact) mass is 391 g/mol. The molecule has 3 aromatic rings. The fourth-order valence-corrected chi connectivity index (χ4v) is 3.24. The quantitative estimate of drug-likeness (QED) is 0.545. The highest BCUT2D eigenvalue weighted by Gasteiger charge is 2.30. The molecule has 0 N–H and O–H groups in total. The van der Waals surface area contributed by atoms with Gasteiger partial charge in [0.15, 0.2) is 0 Å². The molecule has 2 aromatic carbocycles. The van der Waals surface area contributed by atoms with E-state index in [1.165, 1.54) is 23.5 Å². The van der Waals surface area contributed by atoms with Gasteiger partial charge in [-0.05, 0) is 18.6 Å². The first-order valence-corrected chi connectivity index (χ1v) is 9.02. The molecule has 0 aliphatic carbocycles. The lowest BCUT2D eigenvalue weighted by Gasteiger charge is -2.08. The Morgan fingerprint density at radius 3 is 2.59 bits per heavy atom. The summed E-state index contributed by atoms with van der Waals surface area (Å²) in [6.45, 7) is 1.99. The molecular formula is C20H16F3NO2S. The van der Waals surface area contributed by atoms with Crippen molar-refractivity contribution in [1.82, 2.24) is 4.98 Å². The number of halogens is 3. The maximum Gasteiger partial charge on any atom is 0.416 e. The number of aryl methyl sites for hydroxylation is 1. The van der Waals surface area contributed by atoms with Crippen molar-refractivity contribution in [1.29, 1.82) is 0 Å². The van der Waals surface area contributed by atoms with E-state index in [1.54, 1.807) is 5.38 Å². The number of carbonyl (C=O) groups excluding carboxylic acids is 1. The lowest BCUT2D eigenvalue weighted by molar-refractivity contribution is -0.144. The van der Waals surface area contributed by atoms with Gasteiger partial charge in [-0.25, -0.2) is 4.98 Å². The molecule has 0 amide bonds. The lowest BCUT2D eigenvalue weighted by Crippen LogP contribution is -2.10. The smallest absolute Gasteiger partial charge is 0.416 e. The first-order valence-electron chi connectivity index (χ1n) is 8.14. The molecule has 7 heteroatoms. The van der Waals surface area contributed by atoms with E-state index in [-0.39, 0.29) is 18.6 Å². The molecule has 0 aliphatic heterocycles. The standard InChI is InChI=1S/C20H16F3NO2S/c1-13-5-7-15(8-6-13)19-24-17(12-27-19)11-26-18(25)10-14-3-2-4-16(9-14)20(21,22)23/h2-9,12H,10-11H2,1H3. The molecule has 0 radical (unpaired) electrons. The van der Waals surface area contributed by atoms with Crippen molar-refractivity contribution in [2.75, 3.05) is 0 Å². The van der Waals surface area contributed by atoms with Gasteiger partial charge in [0.2, 0.25) is 0 Å². The Kier molecular flexibility index (Phi) is 5.60. The summed E-state index contributed by atoms with van der Waals surface area (Å²) in [4.78, 5) is 16.4. The summed E-state index contributed by atoms with van der Waals surface area (Å²) in [5, 5.41) is 2.62. The Hall–Kier alpha value is -2.67. The summed E-state index contributed by atoms with van der Waals surface area (Å²) < 4.78 is 43.3. The van der Waals surface area contributed by atoms with Gasteiger partial charge in [-0.15, -0.1) is 11.3 Å². The van der Waals surface area contributed by atoms with Crippen LogP contribution >= 0.6 is 11.3 Å². The molecule has 0 spiro atoms. The van der Waals surface area contributed by atoms with Crippen molar-refractivity contribution in [2.45, 2.75) is 26.1 Å². The van der Waals surface area contributed by atoms with Crippen LogP contribution in [0, 0.1) is 6.92 Å². The highest BCUT2D eigenvalue weighted by Crippen LogP contribution is 2.29. The molecule has 1 aromatic heterocycles. The fourth-order valence-electron chi connectivity index (χ4n) is 2.43. The van der Waals surface area contributed by atoms with Gasteiger partial charge in [-0.1, -0.05) is 48.0 Å². The van der Waals surface area contributed by atoms with Crippen LogP contribution < -0.4 is 0 Å². The molecule has 0 atom stereocenters. The van der Waals surface area contributed by atoms with Crippen LogP contribution in [0.5, 0.6) is 0 Å². The van der Waals surface area contributed by atoms with E-state index >= 15 is 0 Å². The number of nitrogens with zero attached hydrogens (tertiary/aromatic N) is 1. The SMILES string of the molecule is Cc1ccc(-c2nc(COC(=O)Cc3cccc(C(F)(F)F)c3)cs2)cc1. The maximum atomic E-state index is 12.7. The topological polar surface area (TPSA) is 39.2 Å². The van der Waals surface area contributed by atoms with Gasteiger partial charge >= 0.3 is 12.1 Å². The second-order valence-electron chi connectivity index (χ2n) is 6.05. The third-order valence-electron chi connectivity index (χ3n) is 3.83. The second kappa shape index (κ2) is 7.92. The molecule has 0 unspecified atom stereocenters. The minimum atomic E-state index is -4.44. The molecule has 1 heterocycles. The Labute approximate surface area is 158 Å². The number of benzene rings is 2. The van der Waals surface area contributed by atoms with Crippen LogP contribution in [0.1, 0.15) is 22.4 Å². The molecule has 0 saturated heterocycles. The summed E-state index contributed by atoms with van der Waals surface area (Å²) in [6.07, 6.45) is -4.66. The van der Waals surface area contributed by atoms with Crippen molar-refractivity contribution >= 4 is 17.3 Å². The zero-order valence-corrected chi connectivity index (χ0v) is 15.2. The Morgan fingerprint density at radius 1 is 1.15 bits per heavy atom. The predicted molar refractivity (Wildman–Crippen MR) is 97.2 cm³/mol. The summed E-state index contributed by atoms with van der Waals surface area (Å²) in [6, 6.07) is 12.6. The van der Waals surface area contributed by atoms with E-state index in [2.05, 4.69) is 4.98 Å². The minimum absolute atomic E-state index is 0.0137. The van der Waals surface area contributed by atoms with E-state index < -0.39 is 17.7 Å². The molecule has 0 aliphatic rings. The first kappa shape index (κ1) is 19.1. The van der Waals surface area contributed by atoms with Crippen LogP contribution in [0.15, 0.2) is 53.9 Å². The fraction of sp³-hybridized carbons (Fsp3) is 0.200. The van der Waals surface area contributed by atoms with Crippen LogP contribution in [0.2, 0.25) is 0 Å². The molecule has 3 rings (SSSR count). The largest absolute Gasteiger partial charge is 0.459 e. The number of alkyl halides is 3. The van der Waals surface area contributed by atoms with Crippen molar-refractivity contribution in [2.24, 2.45) is 0 Å². The predicted octanol–water partition coefficient (Wildman–Crippen LogP) is 5.42. The van der Waals surface area contributed by atoms with Crippen molar-refractivity contribution < 1.29 is 22.7 Å². The molecular weight excluding hydrogens is 375 g/mol. The summed E-state index contributed by atoms with van der Waals surface area (Å²) >= 11 is 1.44. The van der Waals surface area contributed by atoms with Crippen LogP contribution in [0.25, 0.3) is 10.6 Å². The van der Waals surface area contributed by atoms with Gasteiger partial charge in [0.1, 0.15) is 11.6 Å². The van der Waals surface area contributed by atoms with Crippen LogP contribution in [0.4, 0.5) is 13.2 Å². The molecule has 3 nitrogen and oxygen atoms in total. The van der Waals surface area contributed by atoms with Gasteiger partial charge < -0.3 is 4.74 Å². The second-order valence-corrected chi connectivity index (χ2v) is 6.90. The number of thiazole rings is 1. The number of aromatic nitrogens is 1. The molecule has 0 bridgehead atoms. The number of carbonyl (C=O) groups is 1. The summed E-state index contributed by atoms with van der Waals surface area (Å²) in [5.74, 6) is -0.598. The average molecular weight is 391 g/mol. The van der Waals surface area contributed by atoms with Crippen LogP contribution in [-0.4, -0.2) is 11.0 Å². The molecule has 0 fully saturated rings. The first-order chi connectivity index (χ1) is 12.8. The van der Waals surface area contributed by atoms with Crippen molar-refractivity contribution in [3.05, 3.63) is 76.3 Å². The third-order valence-corrected chi connectivity index (χ3v) is 4.77. The van der Waals surface area contributed by atoms with Crippen LogP contribution in [-0.2, 0) is 28.7 Å². The highest BCUT2D eigenvalue weighted by atomic mass is 32.1. The normalized spacial score (nSPS) is 11.4. The lowest BCUT2D eigenvalue weighted by atomic mass is 10.1. The van der Waals surface area contributed by atoms with Crippen molar-refractivity contribution in [3.63, 3.8) is 0 Å². The van der Waals surface area contributed by atoms with Gasteiger partial charge in [0.05, 0.1) is 17.7 Å². The van der Waals surface area contributed by atoms with Gasteiger partial charge in [0.25, 0.3) is 0 Å². The maximum absolute atomic E-state index is 12.7. The molecule has 27 heavy (non-hydrogen) atoms. The van der Waals surface area contributed by atoms with Crippen LogP contribution in [0.3, 0.4) is 0 Å². The zero-order valence-electron chi connectivity index (χ0n) is 14.4. The number of hydrogen-bond donors (Lipinski definition) is 0. The van der Waals surface area contributed by atoms with E-state index in [0.717, 1.165) is 28.3 Å². The van der Waals surface area contributed by atoms with E-state index in [4.69, 9.17) is 4.74 Å². The summed E-state index contributed by atoms with van der Waals surface area (Å²) in [7, 11) is 0. The van der Waals surface area contributed by atoms with Gasteiger partial charge in [0, 0.05) is 10.9 Å². The third kappa shape index (κ3) is 5.17. The van der Waals surface area contributed by atoms with Gasteiger partial charge in [-0.2, -0.15) is 13.2 Å². The Balaban J connectivity index is 1.58. The Morgan fingerprint density at radius 2 is 1.89 bits per heavy atom. The number of rotatable bonds is 5. The van der Waals surface area contributed by atoms with E-state index in [0.29, 0.717) is 5.69 Å². The zero-order chi connectivity index (χ0) is 19.4. The number of ether oxygens (including phenoxy) is 1. The molecule has 140 valence electrons. The summed E-state index contributed by atoms with van der Waals surface area (Å²) in [5.41, 5.74) is 2.21. The van der Waals surface area contributed by atoms with E-state index in [1.807, 2.05) is 31.2 Å².